The molecular formula is C25H31NO4. The molecule has 2 aromatic rings. The van der Waals surface area contributed by atoms with Gasteiger partial charge >= 0.3 is 12.1 Å². The van der Waals surface area contributed by atoms with Gasteiger partial charge in [0.05, 0.1) is 12.6 Å². The summed E-state index contributed by atoms with van der Waals surface area (Å²) in [6.07, 6.45) is 2.64. The highest BCUT2D eigenvalue weighted by Gasteiger charge is 2.31. The molecule has 0 saturated heterocycles. The number of hydrogen-bond donors (Lipinski definition) is 0. The van der Waals surface area contributed by atoms with Crippen molar-refractivity contribution in [1.29, 1.82) is 0 Å². The standard InChI is InChI=1S/C25H31NO4/c1-6-29-22(27)18-17-21(26(5)24(28)30-25(2,3)4)23(19-13-9-7-10-14-19)20-15-11-8-12-16-20/h7-18,21,23H,6H2,1-5H3. The fraction of sp³-hybridized carbons (Fsp3) is 0.360. The molecular weight excluding hydrogens is 378 g/mol. The van der Waals surface area contributed by atoms with Gasteiger partial charge in [-0.2, -0.15) is 0 Å². The molecule has 0 aliphatic rings. The summed E-state index contributed by atoms with van der Waals surface area (Å²) < 4.78 is 10.6. The SMILES string of the molecule is CCOC(=O)C=CC(C(c1ccccc1)c1ccccc1)N(C)C(=O)OC(C)(C)C. The molecule has 5 heteroatoms. The summed E-state index contributed by atoms with van der Waals surface area (Å²) in [7, 11) is 1.69. The first-order valence-corrected chi connectivity index (χ1v) is 10.1. The third kappa shape index (κ3) is 6.76. The Morgan fingerprint density at radius 3 is 1.90 bits per heavy atom. The Bertz CT molecular complexity index is 801. The topological polar surface area (TPSA) is 55.8 Å². The predicted octanol–water partition coefficient (Wildman–Crippen LogP) is 5.17. The van der Waals surface area contributed by atoms with Gasteiger partial charge in [0.25, 0.3) is 0 Å². The van der Waals surface area contributed by atoms with Gasteiger partial charge < -0.3 is 14.4 Å². The molecule has 5 nitrogen and oxygen atoms in total. The quantitative estimate of drug-likeness (QED) is 0.467. The lowest BCUT2D eigenvalue weighted by molar-refractivity contribution is -0.137. The van der Waals surface area contributed by atoms with Crippen LogP contribution < -0.4 is 0 Å². The van der Waals surface area contributed by atoms with Gasteiger partial charge in [0.15, 0.2) is 0 Å². The third-order valence-corrected chi connectivity index (χ3v) is 4.50. The zero-order valence-electron chi connectivity index (χ0n) is 18.4. The molecule has 0 spiro atoms. The van der Waals surface area contributed by atoms with Crippen LogP contribution in [-0.4, -0.2) is 42.3 Å². The van der Waals surface area contributed by atoms with Gasteiger partial charge in [-0.1, -0.05) is 66.7 Å². The molecule has 0 heterocycles. The van der Waals surface area contributed by atoms with Crippen LogP contribution >= 0.6 is 0 Å². The first kappa shape index (κ1) is 23.2. The number of carbonyl (C=O) groups is 2. The summed E-state index contributed by atoms with van der Waals surface area (Å²) >= 11 is 0. The van der Waals surface area contributed by atoms with E-state index in [1.165, 1.54) is 11.0 Å². The van der Waals surface area contributed by atoms with Crippen molar-refractivity contribution in [2.45, 2.75) is 45.3 Å². The summed E-state index contributed by atoms with van der Waals surface area (Å²) in [5.41, 5.74) is 1.42. The van der Waals surface area contributed by atoms with Gasteiger partial charge in [-0.25, -0.2) is 9.59 Å². The number of carbonyl (C=O) groups excluding carboxylic acids is 2. The van der Waals surface area contributed by atoms with Gasteiger partial charge in [-0.3, -0.25) is 0 Å². The average Bonchev–Trinajstić information content (AvgIpc) is 2.71. The summed E-state index contributed by atoms with van der Waals surface area (Å²) in [4.78, 5) is 26.4. The molecule has 0 bridgehead atoms. The molecule has 0 N–H and O–H groups in total. The van der Waals surface area contributed by atoms with E-state index in [1.807, 2.05) is 81.4 Å². The maximum Gasteiger partial charge on any atom is 0.410 e. The minimum absolute atomic E-state index is 0.199. The fourth-order valence-corrected chi connectivity index (χ4v) is 3.19. The maximum absolute atomic E-state index is 12.9. The van der Waals surface area contributed by atoms with Gasteiger partial charge in [-0.05, 0) is 38.8 Å². The average molecular weight is 410 g/mol. The second-order valence-electron chi connectivity index (χ2n) is 7.99. The van der Waals surface area contributed by atoms with Gasteiger partial charge in [-0.15, -0.1) is 0 Å². The Balaban J connectivity index is 2.52. The van der Waals surface area contributed by atoms with Crippen LogP contribution in [0, 0.1) is 0 Å². The second-order valence-corrected chi connectivity index (χ2v) is 7.99. The van der Waals surface area contributed by atoms with Crippen LogP contribution in [0.25, 0.3) is 0 Å². The van der Waals surface area contributed by atoms with Crippen LogP contribution in [0.4, 0.5) is 4.79 Å². The summed E-state index contributed by atoms with van der Waals surface area (Å²) in [5.74, 6) is -0.643. The van der Waals surface area contributed by atoms with Crippen molar-refractivity contribution in [3.8, 4) is 0 Å². The van der Waals surface area contributed by atoms with Gasteiger partial charge in [0, 0.05) is 19.0 Å². The van der Waals surface area contributed by atoms with E-state index in [2.05, 4.69) is 0 Å². The smallest absolute Gasteiger partial charge is 0.410 e. The number of likely N-dealkylation sites (N-methyl/N-ethyl adjacent to an activating group) is 1. The van der Waals surface area contributed by atoms with Crippen molar-refractivity contribution in [2.75, 3.05) is 13.7 Å². The van der Waals surface area contributed by atoms with E-state index in [1.54, 1.807) is 20.0 Å². The zero-order valence-corrected chi connectivity index (χ0v) is 18.4. The summed E-state index contributed by atoms with van der Waals surface area (Å²) in [5, 5.41) is 0. The van der Waals surface area contributed by atoms with E-state index in [-0.39, 0.29) is 12.5 Å². The molecule has 160 valence electrons. The number of nitrogens with zero attached hydrogens (tertiary/aromatic N) is 1. The second kappa shape index (κ2) is 10.6. The van der Waals surface area contributed by atoms with Crippen molar-refractivity contribution < 1.29 is 19.1 Å². The molecule has 2 aromatic carbocycles. The Morgan fingerprint density at radius 2 is 1.47 bits per heavy atom. The molecule has 0 radical (unpaired) electrons. The highest BCUT2D eigenvalue weighted by Crippen LogP contribution is 2.32. The van der Waals surface area contributed by atoms with E-state index < -0.39 is 23.7 Å². The fourth-order valence-electron chi connectivity index (χ4n) is 3.19. The van der Waals surface area contributed by atoms with Crippen LogP contribution in [0.15, 0.2) is 72.8 Å². The van der Waals surface area contributed by atoms with Gasteiger partial charge in [0.1, 0.15) is 5.60 Å². The van der Waals surface area contributed by atoms with E-state index in [9.17, 15) is 9.59 Å². The normalized spacial score (nSPS) is 12.6. The van der Waals surface area contributed by atoms with Crippen LogP contribution in [0.2, 0.25) is 0 Å². The van der Waals surface area contributed by atoms with Crippen molar-refractivity contribution in [2.24, 2.45) is 0 Å². The maximum atomic E-state index is 12.9. The molecule has 30 heavy (non-hydrogen) atoms. The van der Waals surface area contributed by atoms with Crippen molar-refractivity contribution in [3.05, 3.63) is 83.9 Å². The molecule has 0 aliphatic carbocycles. The van der Waals surface area contributed by atoms with E-state index in [4.69, 9.17) is 9.47 Å². The monoisotopic (exact) mass is 409 g/mol. The highest BCUT2D eigenvalue weighted by molar-refractivity contribution is 5.82. The molecule has 0 saturated carbocycles. The van der Waals surface area contributed by atoms with Crippen molar-refractivity contribution >= 4 is 12.1 Å². The summed E-state index contributed by atoms with van der Waals surface area (Å²) in [6, 6.07) is 19.4. The van der Waals surface area contributed by atoms with Crippen LogP contribution in [-0.2, 0) is 14.3 Å². The molecule has 0 fully saturated rings. The van der Waals surface area contributed by atoms with Crippen molar-refractivity contribution in [1.82, 2.24) is 4.90 Å². The lowest BCUT2D eigenvalue weighted by Crippen LogP contribution is -2.43. The molecule has 0 aliphatic heterocycles. The minimum Gasteiger partial charge on any atom is -0.463 e. The molecule has 0 aromatic heterocycles. The van der Waals surface area contributed by atoms with Crippen LogP contribution in [0.3, 0.4) is 0 Å². The molecule has 1 unspecified atom stereocenters. The molecule has 1 atom stereocenters. The van der Waals surface area contributed by atoms with E-state index in [0.29, 0.717) is 0 Å². The van der Waals surface area contributed by atoms with Crippen LogP contribution in [0.1, 0.15) is 44.7 Å². The minimum atomic E-state index is -0.629. The van der Waals surface area contributed by atoms with Gasteiger partial charge in [0.2, 0.25) is 0 Å². The third-order valence-electron chi connectivity index (χ3n) is 4.50. The predicted molar refractivity (Wildman–Crippen MR) is 118 cm³/mol. The highest BCUT2D eigenvalue weighted by atomic mass is 16.6. The largest absolute Gasteiger partial charge is 0.463 e. The van der Waals surface area contributed by atoms with E-state index in [0.717, 1.165) is 11.1 Å². The lowest BCUT2D eigenvalue weighted by atomic mass is 9.84. The van der Waals surface area contributed by atoms with Crippen molar-refractivity contribution in [3.63, 3.8) is 0 Å². The number of ether oxygens (including phenoxy) is 2. The first-order chi connectivity index (χ1) is 14.2. The molecule has 1 amide bonds. The number of rotatable bonds is 7. The number of amides is 1. The Morgan fingerprint density at radius 1 is 0.967 bits per heavy atom. The first-order valence-electron chi connectivity index (χ1n) is 10.1. The van der Waals surface area contributed by atoms with E-state index >= 15 is 0 Å². The Kier molecular flexibility index (Phi) is 8.22. The lowest BCUT2D eigenvalue weighted by Gasteiger charge is -2.34. The number of hydrogen-bond acceptors (Lipinski definition) is 4. The number of benzene rings is 2. The Labute approximate surface area is 179 Å². The zero-order chi connectivity index (χ0) is 22.1. The molecule has 2 rings (SSSR count). The summed E-state index contributed by atoms with van der Waals surface area (Å²) in [6.45, 7) is 7.53. The number of esters is 1. The Hall–Kier alpha value is -3.08. The van der Waals surface area contributed by atoms with Crippen LogP contribution in [0.5, 0.6) is 0 Å².